The summed E-state index contributed by atoms with van der Waals surface area (Å²) >= 11 is 0. The smallest absolute Gasteiger partial charge is 0.166 e. The Kier molecular flexibility index (Phi) is 3.14. The Morgan fingerprint density at radius 1 is 1.21 bits per heavy atom. The van der Waals surface area contributed by atoms with E-state index in [1.165, 1.54) is 0 Å². The summed E-state index contributed by atoms with van der Waals surface area (Å²) in [6.07, 6.45) is -0.289. The lowest BCUT2D eigenvalue weighted by molar-refractivity contribution is -0.0711. The van der Waals surface area contributed by atoms with E-state index in [4.69, 9.17) is 9.47 Å². The number of hydrogen-bond acceptors (Lipinski definition) is 3. The quantitative estimate of drug-likeness (QED) is 0.784. The molecule has 1 fully saturated rings. The van der Waals surface area contributed by atoms with Crippen molar-refractivity contribution in [3.8, 4) is 0 Å². The molecule has 0 aliphatic carbocycles. The van der Waals surface area contributed by atoms with Crippen molar-refractivity contribution in [2.45, 2.75) is 12.2 Å². The van der Waals surface area contributed by atoms with E-state index in [-0.39, 0.29) is 18.8 Å². The molecule has 0 radical (unpaired) electrons. The Morgan fingerprint density at radius 2 is 1.86 bits per heavy atom. The summed E-state index contributed by atoms with van der Waals surface area (Å²) in [5.41, 5.74) is 1.06. The lowest BCUT2D eigenvalue weighted by Crippen LogP contribution is -2.22. The topological polar surface area (TPSA) is 38.7 Å². The van der Waals surface area contributed by atoms with Gasteiger partial charge in [-0.3, -0.25) is 0 Å². The number of aliphatic hydroxyl groups is 1. The van der Waals surface area contributed by atoms with Crippen molar-refractivity contribution in [1.29, 1.82) is 0 Å². The van der Waals surface area contributed by atoms with Gasteiger partial charge in [0.2, 0.25) is 0 Å². The molecule has 1 heterocycles. The molecule has 3 nitrogen and oxygen atoms in total. The summed E-state index contributed by atoms with van der Waals surface area (Å²) in [7, 11) is 0. The maximum absolute atomic E-state index is 9.28. The summed E-state index contributed by atoms with van der Waals surface area (Å²) in [6, 6.07) is 9.81. The van der Waals surface area contributed by atoms with Crippen LogP contribution in [0.25, 0.3) is 0 Å². The second-order valence-electron chi connectivity index (χ2n) is 3.31. The largest absolute Gasteiger partial charge is 0.396 e. The second-order valence-corrected chi connectivity index (χ2v) is 3.31. The fraction of sp³-hybridized carbons (Fsp3) is 0.455. The summed E-state index contributed by atoms with van der Waals surface area (Å²) in [5, 5.41) is 9.28. The lowest BCUT2D eigenvalue weighted by Gasteiger charge is -2.20. The van der Waals surface area contributed by atoms with Crippen LogP contribution >= 0.6 is 0 Å². The summed E-state index contributed by atoms with van der Waals surface area (Å²) < 4.78 is 10.8. The van der Waals surface area contributed by atoms with Gasteiger partial charge in [-0.25, -0.2) is 0 Å². The highest BCUT2D eigenvalue weighted by Crippen LogP contribution is 2.24. The van der Waals surface area contributed by atoms with Crippen molar-refractivity contribution in [3.63, 3.8) is 0 Å². The first kappa shape index (κ1) is 9.65. The van der Waals surface area contributed by atoms with E-state index in [1.807, 2.05) is 30.3 Å². The molecule has 1 unspecified atom stereocenters. The van der Waals surface area contributed by atoms with Gasteiger partial charge in [0.25, 0.3) is 0 Å². The molecule has 76 valence electrons. The minimum absolute atomic E-state index is 0.0503. The first-order valence-corrected chi connectivity index (χ1v) is 4.81. The second kappa shape index (κ2) is 4.55. The molecule has 1 aliphatic heterocycles. The molecule has 1 aliphatic rings. The molecule has 0 amide bonds. The first-order valence-electron chi connectivity index (χ1n) is 4.81. The summed E-state index contributed by atoms with van der Waals surface area (Å²) in [4.78, 5) is 0. The Bertz CT molecular complexity index is 267. The van der Waals surface area contributed by atoms with E-state index in [9.17, 15) is 5.11 Å². The normalized spacial score (nSPS) is 19.8. The van der Waals surface area contributed by atoms with Gasteiger partial charge in [-0.1, -0.05) is 30.3 Å². The number of ether oxygens (including phenoxy) is 2. The third kappa shape index (κ3) is 1.95. The third-order valence-electron chi connectivity index (χ3n) is 2.40. The van der Waals surface area contributed by atoms with E-state index >= 15 is 0 Å². The average Bonchev–Trinajstić information content (AvgIpc) is 2.74. The molecule has 0 spiro atoms. The van der Waals surface area contributed by atoms with E-state index in [2.05, 4.69) is 0 Å². The van der Waals surface area contributed by atoms with Crippen LogP contribution in [-0.4, -0.2) is 31.2 Å². The monoisotopic (exact) mass is 194 g/mol. The molecular weight excluding hydrogens is 180 g/mol. The average molecular weight is 194 g/mol. The van der Waals surface area contributed by atoms with Crippen LogP contribution in [0.1, 0.15) is 11.5 Å². The van der Waals surface area contributed by atoms with Crippen LogP contribution in [0.15, 0.2) is 30.3 Å². The SMILES string of the molecule is OCC(c1ccccc1)C1OCCO1. The molecule has 2 rings (SSSR count). The molecule has 0 bridgehead atoms. The van der Waals surface area contributed by atoms with Crippen LogP contribution in [0, 0.1) is 0 Å². The van der Waals surface area contributed by atoms with Gasteiger partial charge in [0.05, 0.1) is 25.7 Å². The van der Waals surface area contributed by atoms with Crippen molar-refractivity contribution in [1.82, 2.24) is 0 Å². The fourth-order valence-corrected chi connectivity index (χ4v) is 1.66. The predicted octanol–water partition coefficient (Wildman–Crippen LogP) is 1.14. The van der Waals surface area contributed by atoms with E-state index in [0.29, 0.717) is 13.2 Å². The summed E-state index contributed by atoms with van der Waals surface area (Å²) in [6.45, 7) is 1.29. The Labute approximate surface area is 83.3 Å². The molecule has 1 aromatic rings. The van der Waals surface area contributed by atoms with Gasteiger partial charge >= 0.3 is 0 Å². The molecule has 1 N–H and O–H groups in total. The molecule has 1 saturated heterocycles. The van der Waals surface area contributed by atoms with E-state index in [1.54, 1.807) is 0 Å². The van der Waals surface area contributed by atoms with Gasteiger partial charge in [-0.05, 0) is 5.56 Å². The molecule has 1 atom stereocenters. The van der Waals surface area contributed by atoms with Crippen molar-refractivity contribution < 1.29 is 14.6 Å². The minimum atomic E-state index is -0.289. The summed E-state index contributed by atoms with van der Waals surface area (Å²) in [5.74, 6) is -0.0706. The molecule has 3 heteroatoms. The van der Waals surface area contributed by atoms with Gasteiger partial charge in [0, 0.05) is 0 Å². The maximum Gasteiger partial charge on any atom is 0.166 e. The predicted molar refractivity (Wildman–Crippen MR) is 52.0 cm³/mol. The number of aliphatic hydroxyl groups excluding tert-OH is 1. The lowest BCUT2D eigenvalue weighted by atomic mass is 10.00. The van der Waals surface area contributed by atoms with Crippen LogP contribution < -0.4 is 0 Å². The fourth-order valence-electron chi connectivity index (χ4n) is 1.66. The molecule has 0 saturated carbocycles. The van der Waals surface area contributed by atoms with Crippen LogP contribution in [0.3, 0.4) is 0 Å². The highest BCUT2D eigenvalue weighted by atomic mass is 16.7. The van der Waals surface area contributed by atoms with Gasteiger partial charge in [-0.15, -0.1) is 0 Å². The molecule has 0 aromatic heterocycles. The van der Waals surface area contributed by atoms with Gasteiger partial charge < -0.3 is 14.6 Å². The molecular formula is C11H14O3. The number of hydrogen-bond donors (Lipinski definition) is 1. The number of rotatable bonds is 3. The van der Waals surface area contributed by atoms with Gasteiger partial charge in [0.15, 0.2) is 6.29 Å². The van der Waals surface area contributed by atoms with E-state index in [0.717, 1.165) is 5.56 Å². The zero-order valence-electron chi connectivity index (χ0n) is 7.93. The minimum Gasteiger partial charge on any atom is -0.396 e. The van der Waals surface area contributed by atoms with Crippen molar-refractivity contribution in [2.24, 2.45) is 0 Å². The first-order chi connectivity index (χ1) is 6.92. The standard InChI is InChI=1S/C11H14O3/c12-8-10(11-13-6-7-14-11)9-4-2-1-3-5-9/h1-5,10-12H,6-8H2. The molecule has 14 heavy (non-hydrogen) atoms. The van der Waals surface area contributed by atoms with Crippen LogP contribution in [0.2, 0.25) is 0 Å². The van der Waals surface area contributed by atoms with Crippen LogP contribution in [0.4, 0.5) is 0 Å². The maximum atomic E-state index is 9.28. The number of benzene rings is 1. The zero-order chi connectivity index (χ0) is 9.80. The highest BCUT2D eigenvalue weighted by Gasteiger charge is 2.27. The van der Waals surface area contributed by atoms with Crippen molar-refractivity contribution in [3.05, 3.63) is 35.9 Å². The van der Waals surface area contributed by atoms with Gasteiger partial charge in [0.1, 0.15) is 0 Å². The zero-order valence-corrected chi connectivity index (χ0v) is 7.93. The molecule has 1 aromatic carbocycles. The Hall–Kier alpha value is -0.900. The Morgan fingerprint density at radius 3 is 2.43 bits per heavy atom. The van der Waals surface area contributed by atoms with Crippen molar-refractivity contribution >= 4 is 0 Å². The Balaban J connectivity index is 2.12. The van der Waals surface area contributed by atoms with E-state index < -0.39 is 0 Å². The highest BCUT2D eigenvalue weighted by molar-refractivity contribution is 5.20. The third-order valence-corrected chi connectivity index (χ3v) is 2.40. The van der Waals surface area contributed by atoms with Crippen molar-refractivity contribution in [2.75, 3.05) is 19.8 Å². The van der Waals surface area contributed by atoms with Crippen LogP contribution in [0.5, 0.6) is 0 Å². The van der Waals surface area contributed by atoms with Gasteiger partial charge in [-0.2, -0.15) is 0 Å². The van der Waals surface area contributed by atoms with Crippen LogP contribution in [-0.2, 0) is 9.47 Å².